The minimum Gasteiger partial charge on any atom is -0.384 e. The van der Waals surface area contributed by atoms with Crippen LogP contribution in [0.1, 0.15) is 22.0 Å². The molecule has 3 rings (SSSR count). The van der Waals surface area contributed by atoms with Gasteiger partial charge in [-0.15, -0.1) is 0 Å². The summed E-state index contributed by atoms with van der Waals surface area (Å²) in [6.07, 6.45) is 5.08. The van der Waals surface area contributed by atoms with Crippen molar-refractivity contribution < 1.29 is 9.53 Å². The van der Waals surface area contributed by atoms with Gasteiger partial charge in [-0.05, 0) is 23.8 Å². The van der Waals surface area contributed by atoms with Crippen molar-refractivity contribution in [2.24, 2.45) is 0 Å². The summed E-state index contributed by atoms with van der Waals surface area (Å²) >= 11 is 0. The molecule has 1 saturated heterocycles. The van der Waals surface area contributed by atoms with Gasteiger partial charge in [-0.2, -0.15) is 0 Å². The van der Waals surface area contributed by atoms with Crippen molar-refractivity contribution in [1.29, 1.82) is 0 Å². The average Bonchev–Trinajstić information content (AvgIpc) is 2.64. The molecular weight excluding hydrogens is 306 g/mol. The number of nitrogens with two attached hydrogens (primary N) is 1. The van der Waals surface area contributed by atoms with Crippen LogP contribution in [0.4, 0.5) is 5.82 Å². The molecule has 0 aliphatic carbocycles. The van der Waals surface area contributed by atoms with Gasteiger partial charge < -0.3 is 15.8 Å². The van der Waals surface area contributed by atoms with Gasteiger partial charge >= 0.3 is 0 Å². The summed E-state index contributed by atoms with van der Waals surface area (Å²) in [5, 5.41) is 2.98. The lowest BCUT2D eigenvalue weighted by Crippen LogP contribution is -2.43. The zero-order valence-corrected chi connectivity index (χ0v) is 13.4. The molecule has 3 heterocycles. The van der Waals surface area contributed by atoms with Gasteiger partial charge in [0.1, 0.15) is 5.82 Å². The smallest absolute Gasteiger partial charge is 0.252 e. The zero-order chi connectivity index (χ0) is 16.8. The first-order valence-corrected chi connectivity index (χ1v) is 7.95. The van der Waals surface area contributed by atoms with E-state index in [2.05, 4.69) is 20.2 Å². The molecule has 0 radical (unpaired) electrons. The monoisotopic (exact) mass is 327 g/mol. The average molecular weight is 327 g/mol. The molecular formula is C17H21N5O2. The summed E-state index contributed by atoms with van der Waals surface area (Å²) in [5.74, 6) is 0.234. The van der Waals surface area contributed by atoms with Crippen molar-refractivity contribution in [3.05, 3.63) is 54.0 Å². The minimum atomic E-state index is -0.162. The molecule has 126 valence electrons. The van der Waals surface area contributed by atoms with Gasteiger partial charge in [0.25, 0.3) is 5.91 Å². The normalized spacial score (nSPS) is 16.5. The molecule has 0 aromatic carbocycles. The highest BCUT2D eigenvalue weighted by molar-refractivity contribution is 5.94. The zero-order valence-electron chi connectivity index (χ0n) is 13.4. The number of nitrogens with one attached hydrogen (secondary N) is 1. The first-order valence-electron chi connectivity index (χ1n) is 7.95. The lowest BCUT2D eigenvalue weighted by Gasteiger charge is -2.34. The molecule has 2 aromatic heterocycles. The highest BCUT2D eigenvalue weighted by Crippen LogP contribution is 2.20. The van der Waals surface area contributed by atoms with Gasteiger partial charge in [-0.25, -0.2) is 4.98 Å². The second-order valence-corrected chi connectivity index (χ2v) is 5.63. The molecule has 1 atom stereocenters. The van der Waals surface area contributed by atoms with Crippen LogP contribution in [0.2, 0.25) is 0 Å². The SMILES string of the molecule is Nc1ccc(C(=O)NCC(c2cccnc2)N2CCOCC2)cn1. The van der Waals surface area contributed by atoms with Gasteiger partial charge in [0.15, 0.2) is 0 Å². The number of ether oxygens (including phenoxy) is 1. The summed E-state index contributed by atoms with van der Waals surface area (Å²) in [6, 6.07) is 7.30. The van der Waals surface area contributed by atoms with Crippen molar-refractivity contribution in [2.75, 3.05) is 38.6 Å². The molecule has 1 aliphatic heterocycles. The Balaban J connectivity index is 1.69. The van der Waals surface area contributed by atoms with Crippen molar-refractivity contribution in [3.8, 4) is 0 Å². The van der Waals surface area contributed by atoms with Crippen molar-refractivity contribution >= 4 is 11.7 Å². The van der Waals surface area contributed by atoms with Crippen LogP contribution in [-0.2, 0) is 4.74 Å². The van der Waals surface area contributed by atoms with E-state index in [4.69, 9.17) is 10.5 Å². The number of hydrogen-bond acceptors (Lipinski definition) is 6. The molecule has 2 aromatic rings. The van der Waals surface area contributed by atoms with E-state index in [-0.39, 0.29) is 11.9 Å². The Kier molecular flexibility index (Phi) is 5.35. The third-order valence-corrected chi connectivity index (χ3v) is 4.06. The van der Waals surface area contributed by atoms with Crippen molar-refractivity contribution in [2.45, 2.75) is 6.04 Å². The fourth-order valence-electron chi connectivity index (χ4n) is 2.75. The van der Waals surface area contributed by atoms with E-state index in [1.165, 1.54) is 6.20 Å². The van der Waals surface area contributed by atoms with Crippen LogP contribution in [0.15, 0.2) is 42.9 Å². The first-order chi connectivity index (χ1) is 11.7. The largest absolute Gasteiger partial charge is 0.384 e. The first kappa shape index (κ1) is 16.4. The maximum absolute atomic E-state index is 12.3. The molecule has 1 amide bonds. The van der Waals surface area contributed by atoms with Crippen LogP contribution < -0.4 is 11.1 Å². The van der Waals surface area contributed by atoms with E-state index in [0.717, 1.165) is 18.7 Å². The fourth-order valence-corrected chi connectivity index (χ4v) is 2.75. The number of carbonyl (C=O) groups excluding carboxylic acids is 1. The number of rotatable bonds is 5. The van der Waals surface area contributed by atoms with Crippen LogP contribution in [-0.4, -0.2) is 53.6 Å². The number of nitrogens with zero attached hydrogens (tertiary/aromatic N) is 3. The predicted molar refractivity (Wildman–Crippen MR) is 90.4 cm³/mol. The van der Waals surface area contributed by atoms with Gasteiger partial charge in [-0.3, -0.25) is 14.7 Å². The number of nitrogen functional groups attached to an aromatic ring is 1. The Labute approximate surface area is 140 Å². The highest BCUT2D eigenvalue weighted by Gasteiger charge is 2.23. The topological polar surface area (TPSA) is 93.4 Å². The summed E-state index contributed by atoms with van der Waals surface area (Å²) in [5.41, 5.74) is 7.13. The molecule has 0 saturated carbocycles. The molecule has 24 heavy (non-hydrogen) atoms. The van der Waals surface area contributed by atoms with E-state index in [1.807, 2.05) is 18.3 Å². The summed E-state index contributed by atoms with van der Waals surface area (Å²) in [4.78, 5) is 22.8. The Morgan fingerprint density at radius 3 is 2.79 bits per heavy atom. The van der Waals surface area contributed by atoms with Gasteiger partial charge in [0.05, 0.1) is 24.8 Å². The summed E-state index contributed by atoms with van der Waals surface area (Å²) in [7, 11) is 0. The summed E-state index contributed by atoms with van der Waals surface area (Å²) in [6.45, 7) is 3.56. The number of carbonyl (C=O) groups is 1. The Morgan fingerprint density at radius 1 is 1.29 bits per heavy atom. The highest BCUT2D eigenvalue weighted by atomic mass is 16.5. The Morgan fingerprint density at radius 2 is 2.12 bits per heavy atom. The van der Waals surface area contributed by atoms with Crippen molar-refractivity contribution in [3.63, 3.8) is 0 Å². The van der Waals surface area contributed by atoms with E-state index in [9.17, 15) is 4.79 Å². The van der Waals surface area contributed by atoms with E-state index >= 15 is 0 Å². The number of pyridine rings is 2. The standard InChI is InChI=1S/C17H21N5O2/c18-16-4-3-14(11-20-16)17(23)21-12-15(13-2-1-5-19-10-13)22-6-8-24-9-7-22/h1-5,10-11,15H,6-9,12H2,(H2,18,20)(H,21,23). The maximum atomic E-state index is 12.3. The van der Waals surface area contributed by atoms with E-state index in [1.54, 1.807) is 18.3 Å². The minimum absolute atomic E-state index is 0.0632. The van der Waals surface area contributed by atoms with Gasteiger partial charge in [0.2, 0.25) is 0 Å². The number of amides is 1. The van der Waals surface area contributed by atoms with Crippen LogP contribution in [0, 0.1) is 0 Å². The van der Waals surface area contributed by atoms with Crippen LogP contribution in [0.5, 0.6) is 0 Å². The Hall–Kier alpha value is -2.51. The number of anilines is 1. The third-order valence-electron chi connectivity index (χ3n) is 4.06. The second-order valence-electron chi connectivity index (χ2n) is 5.63. The molecule has 7 nitrogen and oxygen atoms in total. The van der Waals surface area contributed by atoms with Gasteiger partial charge in [0, 0.05) is 38.2 Å². The van der Waals surface area contributed by atoms with Crippen molar-refractivity contribution in [1.82, 2.24) is 20.2 Å². The third kappa shape index (κ3) is 4.06. The van der Waals surface area contributed by atoms with E-state index < -0.39 is 0 Å². The maximum Gasteiger partial charge on any atom is 0.252 e. The molecule has 0 bridgehead atoms. The lowest BCUT2D eigenvalue weighted by atomic mass is 10.1. The number of aromatic nitrogens is 2. The molecule has 1 aliphatic rings. The molecule has 7 heteroatoms. The predicted octanol–water partition coefficient (Wildman–Crippen LogP) is 0.862. The molecule has 3 N–H and O–H groups in total. The van der Waals surface area contributed by atoms with Crippen LogP contribution >= 0.6 is 0 Å². The molecule has 0 spiro atoms. The number of hydrogen-bond donors (Lipinski definition) is 2. The summed E-state index contributed by atoms with van der Waals surface area (Å²) < 4.78 is 5.43. The quantitative estimate of drug-likeness (QED) is 0.846. The van der Waals surface area contributed by atoms with E-state index in [0.29, 0.717) is 31.1 Å². The molecule has 1 fully saturated rings. The molecule has 1 unspecified atom stereocenters. The fraction of sp³-hybridized carbons (Fsp3) is 0.353. The number of morpholine rings is 1. The van der Waals surface area contributed by atoms with Crippen LogP contribution in [0.3, 0.4) is 0 Å². The lowest BCUT2D eigenvalue weighted by molar-refractivity contribution is 0.0161. The van der Waals surface area contributed by atoms with Gasteiger partial charge in [-0.1, -0.05) is 6.07 Å². The second kappa shape index (κ2) is 7.85. The van der Waals surface area contributed by atoms with Crippen LogP contribution in [0.25, 0.3) is 0 Å². The Bertz CT molecular complexity index is 656.